The summed E-state index contributed by atoms with van der Waals surface area (Å²) in [5, 5.41) is 15.6. The standard InChI is InChI=1S/C21H26ClN5O2S/c1-2-11-23-21(29)15-4-3-12-27(13-15)18-9-10-20(26-25-18)30-14-19(28)24-17-7-5-16(22)6-8-17/h5-10,15H,2-4,11-14H2,1H3,(H,23,29)(H,24,28)/t15-/m0/s1. The van der Waals surface area contributed by atoms with Gasteiger partial charge in [0.1, 0.15) is 5.03 Å². The molecule has 1 fully saturated rings. The minimum atomic E-state index is -0.120. The zero-order valence-corrected chi connectivity index (χ0v) is 18.5. The van der Waals surface area contributed by atoms with E-state index in [0.717, 1.165) is 31.6 Å². The highest BCUT2D eigenvalue weighted by Gasteiger charge is 2.26. The first kappa shape index (κ1) is 22.4. The number of benzene rings is 1. The van der Waals surface area contributed by atoms with Crippen molar-refractivity contribution < 1.29 is 9.59 Å². The van der Waals surface area contributed by atoms with E-state index in [1.54, 1.807) is 24.3 Å². The monoisotopic (exact) mass is 447 g/mol. The molecule has 1 aromatic carbocycles. The Bertz CT molecular complexity index is 847. The van der Waals surface area contributed by atoms with Crippen LogP contribution in [0.5, 0.6) is 0 Å². The van der Waals surface area contributed by atoms with Crippen LogP contribution in [0.15, 0.2) is 41.4 Å². The summed E-state index contributed by atoms with van der Waals surface area (Å²) in [7, 11) is 0. The summed E-state index contributed by atoms with van der Waals surface area (Å²) in [4.78, 5) is 26.5. The number of nitrogens with one attached hydrogen (secondary N) is 2. The lowest BCUT2D eigenvalue weighted by Gasteiger charge is -2.32. The van der Waals surface area contributed by atoms with Crippen molar-refractivity contribution in [2.45, 2.75) is 31.2 Å². The van der Waals surface area contributed by atoms with E-state index in [1.807, 2.05) is 19.1 Å². The molecule has 0 saturated carbocycles. The third kappa shape index (κ3) is 6.60. The molecular weight excluding hydrogens is 422 g/mol. The van der Waals surface area contributed by atoms with Gasteiger partial charge >= 0.3 is 0 Å². The minimum absolute atomic E-state index is 0.0160. The Hall–Kier alpha value is -2.32. The molecule has 3 rings (SSSR count). The van der Waals surface area contributed by atoms with Crippen molar-refractivity contribution in [3.8, 4) is 0 Å². The first-order chi connectivity index (χ1) is 14.5. The van der Waals surface area contributed by atoms with Crippen molar-refractivity contribution in [1.82, 2.24) is 15.5 Å². The molecule has 2 aromatic rings. The normalized spacial score (nSPS) is 16.2. The van der Waals surface area contributed by atoms with Gasteiger partial charge in [-0.05, 0) is 55.7 Å². The summed E-state index contributed by atoms with van der Waals surface area (Å²) in [6, 6.07) is 10.7. The molecule has 7 nitrogen and oxygen atoms in total. The maximum atomic E-state index is 12.3. The molecule has 0 spiro atoms. The van der Waals surface area contributed by atoms with Crippen molar-refractivity contribution in [1.29, 1.82) is 0 Å². The van der Waals surface area contributed by atoms with Gasteiger partial charge in [0.15, 0.2) is 5.82 Å². The number of amides is 2. The number of aromatic nitrogens is 2. The SMILES string of the molecule is CCCNC(=O)[C@H]1CCCN(c2ccc(SCC(=O)Nc3ccc(Cl)cc3)nn2)C1. The molecule has 1 aromatic heterocycles. The van der Waals surface area contributed by atoms with Crippen molar-refractivity contribution in [2.24, 2.45) is 5.92 Å². The number of anilines is 2. The number of hydrogen-bond acceptors (Lipinski definition) is 6. The van der Waals surface area contributed by atoms with Crippen molar-refractivity contribution in [3.63, 3.8) is 0 Å². The van der Waals surface area contributed by atoms with E-state index in [4.69, 9.17) is 11.6 Å². The number of rotatable bonds is 8. The van der Waals surface area contributed by atoms with Crippen molar-refractivity contribution in [3.05, 3.63) is 41.4 Å². The number of piperidine rings is 1. The second kappa shape index (κ2) is 11.2. The minimum Gasteiger partial charge on any atom is -0.356 e. The Morgan fingerprint density at radius 1 is 1.20 bits per heavy atom. The largest absolute Gasteiger partial charge is 0.356 e. The third-order valence-electron chi connectivity index (χ3n) is 4.77. The number of halogens is 1. The van der Waals surface area contributed by atoms with Crippen LogP contribution in [-0.4, -0.2) is 47.4 Å². The average Bonchev–Trinajstić information content (AvgIpc) is 2.78. The summed E-state index contributed by atoms with van der Waals surface area (Å²) in [5.41, 5.74) is 0.703. The Balaban J connectivity index is 1.48. The maximum Gasteiger partial charge on any atom is 0.234 e. The fourth-order valence-electron chi connectivity index (χ4n) is 3.22. The van der Waals surface area contributed by atoms with E-state index in [0.29, 0.717) is 28.8 Å². The second-order valence-corrected chi connectivity index (χ2v) is 8.58. The number of nitrogens with zero attached hydrogens (tertiary/aromatic N) is 3. The van der Waals surface area contributed by atoms with E-state index in [2.05, 4.69) is 25.7 Å². The number of thioether (sulfide) groups is 1. The Labute approximate surface area is 186 Å². The summed E-state index contributed by atoms with van der Waals surface area (Å²) in [6.45, 7) is 4.28. The molecular formula is C21H26ClN5O2S. The number of carbonyl (C=O) groups excluding carboxylic acids is 2. The molecule has 1 aliphatic rings. The Morgan fingerprint density at radius 2 is 2.00 bits per heavy atom. The fourth-order valence-corrected chi connectivity index (χ4v) is 3.96. The van der Waals surface area contributed by atoms with Gasteiger partial charge in [-0.25, -0.2) is 0 Å². The van der Waals surface area contributed by atoms with Gasteiger partial charge in [0.25, 0.3) is 0 Å². The molecule has 0 unspecified atom stereocenters. The van der Waals surface area contributed by atoms with Gasteiger partial charge in [0, 0.05) is 30.3 Å². The molecule has 160 valence electrons. The highest BCUT2D eigenvalue weighted by molar-refractivity contribution is 7.99. The molecule has 9 heteroatoms. The third-order valence-corrected chi connectivity index (χ3v) is 5.94. The van der Waals surface area contributed by atoms with Gasteiger partial charge in [-0.15, -0.1) is 10.2 Å². The lowest BCUT2D eigenvalue weighted by Crippen LogP contribution is -2.43. The molecule has 2 amide bonds. The van der Waals surface area contributed by atoms with Gasteiger partial charge in [0.05, 0.1) is 11.7 Å². The molecule has 2 N–H and O–H groups in total. The van der Waals surface area contributed by atoms with Crippen LogP contribution in [0.1, 0.15) is 26.2 Å². The van der Waals surface area contributed by atoms with E-state index in [-0.39, 0.29) is 23.5 Å². The van der Waals surface area contributed by atoms with Gasteiger partial charge < -0.3 is 15.5 Å². The van der Waals surface area contributed by atoms with E-state index in [9.17, 15) is 9.59 Å². The van der Waals surface area contributed by atoms with Crippen LogP contribution in [0.4, 0.5) is 11.5 Å². The Kier molecular flexibility index (Phi) is 8.33. The van der Waals surface area contributed by atoms with Crippen LogP contribution in [0.25, 0.3) is 0 Å². The quantitative estimate of drug-likeness (QED) is 0.601. The zero-order valence-electron chi connectivity index (χ0n) is 16.9. The molecule has 2 heterocycles. The van der Waals surface area contributed by atoms with E-state index >= 15 is 0 Å². The summed E-state index contributed by atoms with van der Waals surface area (Å²) in [6.07, 6.45) is 2.79. The van der Waals surface area contributed by atoms with Crippen LogP contribution >= 0.6 is 23.4 Å². The molecule has 30 heavy (non-hydrogen) atoms. The molecule has 1 aliphatic heterocycles. The zero-order chi connectivity index (χ0) is 21.3. The van der Waals surface area contributed by atoms with E-state index < -0.39 is 0 Å². The van der Waals surface area contributed by atoms with Crippen LogP contribution in [-0.2, 0) is 9.59 Å². The van der Waals surface area contributed by atoms with Crippen LogP contribution < -0.4 is 15.5 Å². The summed E-state index contributed by atoms with van der Waals surface area (Å²) in [5.74, 6) is 0.981. The number of hydrogen-bond donors (Lipinski definition) is 2. The fraction of sp³-hybridized carbons (Fsp3) is 0.429. The molecule has 1 atom stereocenters. The molecule has 0 bridgehead atoms. The summed E-state index contributed by atoms with van der Waals surface area (Å²) < 4.78 is 0. The highest BCUT2D eigenvalue weighted by atomic mass is 35.5. The predicted molar refractivity (Wildman–Crippen MR) is 121 cm³/mol. The van der Waals surface area contributed by atoms with Gasteiger partial charge in [-0.3, -0.25) is 9.59 Å². The van der Waals surface area contributed by atoms with Gasteiger partial charge in [-0.1, -0.05) is 30.3 Å². The van der Waals surface area contributed by atoms with E-state index in [1.165, 1.54) is 11.8 Å². The molecule has 1 saturated heterocycles. The Morgan fingerprint density at radius 3 is 2.70 bits per heavy atom. The maximum absolute atomic E-state index is 12.3. The average molecular weight is 448 g/mol. The predicted octanol–water partition coefficient (Wildman–Crippen LogP) is 3.60. The lowest BCUT2D eigenvalue weighted by molar-refractivity contribution is -0.125. The first-order valence-corrected chi connectivity index (χ1v) is 11.5. The van der Waals surface area contributed by atoms with Crippen LogP contribution in [0.2, 0.25) is 5.02 Å². The van der Waals surface area contributed by atoms with Crippen LogP contribution in [0.3, 0.4) is 0 Å². The van der Waals surface area contributed by atoms with Crippen molar-refractivity contribution in [2.75, 3.05) is 35.6 Å². The molecule has 0 radical (unpaired) electrons. The number of carbonyl (C=O) groups is 2. The van der Waals surface area contributed by atoms with Gasteiger partial charge in [-0.2, -0.15) is 0 Å². The highest BCUT2D eigenvalue weighted by Crippen LogP contribution is 2.23. The smallest absolute Gasteiger partial charge is 0.234 e. The topological polar surface area (TPSA) is 87.2 Å². The second-order valence-electron chi connectivity index (χ2n) is 7.15. The first-order valence-electron chi connectivity index (χ1n) is 10.1. The lowest BCUT2D eigenvalue weighted by atomic mass is 9.97. The van der Waals surface area contributed by atoms with Crippen molar-refractivity contribution >= 4 is 46.7 Å². The molecule has 0 aliphatic carbocycles. The van der Waals surface area contributed by atoms with Gasteiger partial charge in [0.2, 0.25) is 11.8 Å². The van der Waals surface area contributed by atoms with Crippen LogP contribution in [0, 0.1) is 5.92 Å². The summed E-state index contributed by atoms with van der Waals surface area (Å²) >= 11 is 7.17.